The van der Waals surface area contributed by atoms with Crippen molar-refractivity contribution in [3.05, 3.63) is 28.7 Å². The monoisotopic (exact) mass is 330 g/mol. The van der Waals surface area contributed by atoms with E-state index < -0.39 is 6.03 Å². The van der Waals surface area contributed by atoms with Crippen LogP contribution in [0.15, 0.2) is 33.6 Å². The summed E-state index contributed by atoms with van der Waals surface area (Å²) < 4.78 is 0.943. The quantitative estimate of drug-likeness (QED) is 0.816. The Labute approximate surface area is 119 Å². The van der Waals surface area contributed by atoms with Gasteiger partial charge in [0.05, 0.1) is 5.75 Å². The summed E-state index contributed by atoms with van der Waals surface area (Å²) in [6.07, 6.45) is 0.841. The molecule has 0 aliphatic carbocycles. The highest BCUT2D eigenvalue weighted by Crippen LogP contribution is 2.26. The molecule has 18 heavy (non-hydrogen) atoms. The lowest BCUT2D eigenvalue weighted by Crippen LogP contribution is -2.40. The molecular formula is C12H15BrN2O2S. The fourth-order valence-electron chi connectivity index (χ4n) is 1.15. The summed E-state index contributed by atoms with van der Waals surface area (Å²) in [5, 5.41) is 4.86. The van der Waals surface area contributed by atoms with Crippen molar-refractivity contribution in [2.45, 2.75) is 18.2 Å². The summed E-state index contributed by atoms with van der Waals surface area (Å²) in [4.78, 5) is 23.7. The van der Waals surface area contributed by atoms with Crippen LogP contribution < -0.4 is 10.6 Å². The normalized spacial score (nSPS) is 9.89. The van der Waals surface area contributed by atoms with E-state index in [1.54, 1.807) is 0 Å². The topological polar surface area (TPSA) is 58.2 Å². The smallest absolute Gasteiger partial charge is 0.321 e. The Bertz CT molecular complexity index is 426. The minimum atomic E-state index is -0.436. The van der Waals surface area contributed by atoms with Crippen molar-refractivity contribution >= 4 is 39.6 Å². The molecule has 0 saturated heterocycles. The van der Waals surface area contributed by atoms with Gasteiger partial charge in [-0.3, -0.25) is 10.1 Å². The van der Waals surface area contributed by atoms with Crippen molar-refractivity contribution in [2.75, 3.05) is 12.3 Å². The van der Waals surface area contributed by atoms with Gasteiger partial charge in [-0.1, -0.05) is 19.1 Å². The molecule has 0 unspecified atom stereocenters. The van der Waals surface area contributed by atoms with Crippen LogP contribution in [0, 0.1) is 0 Å². The summed E-state index contributed by atoms with van der Waals surface area (Å²) in [6, 6.07) is 7.20. The largest absolute Gasteiger partial charge is 0.338 e. The molecule has 0 aliphatic rings. The van der Waals surface area contributed by atoms with Crippen LogP contribution in [0.1, 0.15) is 13.3 Å². The molecule has 2 N–H and O–H groups in total. The summed E-state index contributed by atoms with van der Waals surface area (Å²) in [5.41, 5.74) is 0. The molecule has 0 atom stereocenters. The molecule has 0 aromatic heterocycles. The summed E-state index contributed by atoms with van der Waals surface area (Å²) in [6.45, 7) is 2.52. The van der Waals surface area contributed by atoms with Gasteiger partial charge in [0, 0.05) is 15.9 Å². The second kappa shape index (κ2) is 8.16. The van der Waals surface area contributed by atoms with E-state index in [-0.39, 0.29) is 11.7 Å². The van der Waals surface area contributed by atoms with Gasteiger partial charge in [-0.15, -0.1) is 11.8 Å². The fraction of sp³-hybridized carbons (Fsp3) is 0.333. The van der Waals surface area contributed by atoms with Crippen molar-refractivity contribution in [2.24, 2.45) is 0 Å². The predicted molar refractivity (Wildman–Crippen MR) is 76.7 cm³/mol. The number of imide groups is 1. The zero-order valence-electron chi connectivity index (χ0n) is 10.0. The molecule has 6 heteroatoms. The van der Waals surface area contributed by atoms with Crippen LogP contribution in [0.3, 0.4) is 0 Å². The molecule has 0 fully saturated rings. The van der Waals surface area contributed by atoms with Crippen LogP contribution >= 0.6 is 27.7 Å². The number of hydrogen-bond acceptors (Lipinski definition) is 3. The molecule has 1 aromatic rings. The summed E-state index contributed by atoms with van der Waals surface area (Å²) in [5.74, 6) is -0.0910. The van der Waals surface area contributed by atoms with Gasteiger partial charge < -0.3 is 5.32 Å². The molecule has 0 radical (unpaired) electrons. The maximum atomic E-state index is 11.5. The zero-order valence-corrected chi connectivity index (χ0v) is 12.4. The minimum absolute atomic E-state index is 0.210. The molecule has 1 rings (SSSR count). The highest BCUT2D eigenvalue weighted by Gasteiger charge is 2.08. The first-order valence-electron chi connectivity index (χ1n) is 5.58. The van der Waals surface area contributed by atoms with Gasteiger partial charge in [0.2, 0.25) is 5.91 Å². The van der Waals surface area contributed by atoms with E-state index in [1.165, 1.54) is 11.8 Å². The van der Waals surface area contributed by atoms with Crippen LogP contribution in [-0.2, 0) is 4.79 Å². The highest BCUT2D eigenvalue weighted by molar-refractivity contribution is 9.10. The predicted octanol–water partition coefficient (Wildman–Crippen LogP) is 2.78. The summed E-state index contributed by atoms with van der Waals surface area (Å²) >= 11 is 4.78. The van der Waals surface area contributed by atoms with E-state index in [9.17, 15) is 9.59 Å². The number of halogens is 1. The lowest BCUT2D eigenvalue weighted by molar-refractivity contribution is -0.117. The molecule has 0 saturated carbocycles. The average Bonchev–Trinajstić information content (AvgIpc) is 2.35. The van der Waals surface area contributed by atoms with E-state index in [0.29, 0.717) is 6.54 Å². The van der Waals surface area contributed by atoms with Gasteiger partial charge in [-0.05, 0) is 34.5 Å². The maximum Gasteiger partial charge on any atom is 0.321 e. The molecule has 1 aromatic carbocycles. The van der Waals surface area contributed by atoms with Crippen molar-refractivity contribution < 1.29 is 9.59 Å². The highest BCUT2D eigenvalue weighted by atomic mass is 79.9. The van der Waals surface area contributed by atoms with Crippen molar-refractivity contribution in [1.29, 1.82) is 0 Å². The van der Waals surface area contributed by atoms with E-state index in [4.69, 9.17) is 0 Å². The average molecular weight is 331 g/mol. The number of rotatable bonds is 5. The van der Waals surface area contributed by atoms with E-state index >= 15 is 0 Å². The Morgan fingerprint density at radius 1 is 1.33 bits per heavy atom. The zero-order chi connectivity index (χ0) is 13.4. The molecular weight excluding hydrogens is 316 g/mol. The lowest BCUT2D eigenvalue weighted by Gasteiger charge is -2.06. The van der Waals surface area contributed by atoms with Crippen LogP contribution in [0.4, 0.5) is 4.79 Å². The van der Waals surface area contributed by atoms with Crippen LogP contribution in [0.5, 0.6) is 0 Å². The number of urea groups is 1. The molecule has 0 aliphatic heterocycles. The van der Waals surface area contributed by atoms with Gasteiger partial charge in [0.15, 0.2) is 0 Å². The van der Waals surface area contributed by atoms with Crippen LogP contribution in [-0.4, -0.2) is 24.2 Å². The lowest BCUT2D eigenvalue weighted by atomic mass is 10.4. The number of benzene rings is 1. The Hall–Kier alpha value is -1.01. The number of carbonyl (C=O) groups is 2. The first kappa shape index (κ1) is 15.0. The van der Waals surface area contributed by atoms with Gasteiger partial charge >= 0.3 is 6.03 Å². The number of nitrogens with one attached hydrogen (secondary N) is 2. The second-order valence-corrected chi connectivity index (χ2v) is 5.39. The molecule has 0 bridgehead atoms. The van der Waals surface area contributed by atoms with Gasteiger partial charge in [0.1, 0.15) is 0 Å². The molecule has 0 spiro atoms. The molecule has 98 valence electrons. The first-order chi connectivity index (χ1) is 8.63. The van der Waals surface area contributed by atoms with E-state index in [0.717, 1.165) is 15.8 Å². The number of amides is 3. The summed E-state index contributed by atoms with van der Waals surface area (Å²) in [7, 11) is 0. The second-order valence-electron chi connectivity index (χ2n) is 3.52. The fourth-order valence-corrected chi connectivity index (χ4v) is 2.52. The Kier molecular flexibility index (Phi) is 6.82. The van der Waals surface area contributed by atoms with E-state index in [2.05, 4.69) is 26.6 Å². The third kappa shape index (κ3) is 5.55. The van der Waals surface area contributed by atoms with Crippen molar-refractivity contribution in [3.63, 3.8) is 0 Å². The minimum Gasteiger partial charge on any atom is -0.338 e. The molecule has 4 nitrogen and oxygen atoms in total. The SMILES string of the molecule is CCCNC(=O)NC(=O)CSc1ccccc1Br. The standard InChI is InChI=1S/C12H15BrN2O2S/c1-2-7-14-12(17)15-11(16)8-18-10-6-4-3-5-9(10)13/h3-6H,2,7-8H2,1H3,(H2,14,15,16,17). The van der Waals surface area contributed by atoms with Crippen molar-refractivity contribution in [3.8, 4) is 0 Å². The third-order valence-corrected chi connectivity index (χ3v) is 4.01. The third-order valence-electron chi connectivity index (χ3n) is 1.98. The molecule has 3 amide bonds. The van der Waals surface area contributed by atoms with Gasteiger partial charge in [0.25, 0.3) is 0 Å². The number of thioether (sulfide) groups is 1. The Morgan fingerprint density at radius 3 is 2.72 bits per heavy atom. The van der Waals surface area contributed by atoms with Crippen LogP contribution in [0.2, 0.25) is 0 Å². The Balaban J connectivity index is 2.33. The van der Waals surface area contributed by atoms with Gasteiger partial charge in [-0.2, -0.15) is 0 Å². The maximum absolute atomic E-state index is 11.5. The van der Waals surface area contributed by atoms with Crippen LogP contribution in [0.25, 0.3) is 0 Å². The number of hydrogen-bond donors (Lipinski definition) is 2. The Morgan fingerprint density at radius 2 is 2.06 bits per heavy atom. The van der Waals surface area contributed by atoms with E-state index in [1.807, 2.05) is 31.2 Å². The van der Waals surface area contributed by atoms with Crippen molar-refractivity contribution in [1.82, 2.24) is 10.6 Å². The number of carbonyl (C=O) groups excluding carboxylic acids is 2. The first-order valence-corrected chi connectivity index (χ1v) is 7.36. The van der Waals surface area contributed by atoms with Gasteiger partial charge in [-0.25, -0.2) is 4.79 Å². The molecule has 0 heterocycles.